The van der Waals surface area contributed by atoms with Gasteiger partial charge in [0.1, 0.15) is 6.54 Å². The van der Waals surface area contributed by atoms with Crippen molar-refractivity contribution in [2.24, 2.45) is 12.1 Å². The molecule has 2 heterocycles. The number of carbonyl (C=O) groups excluding carboxylic acids is 1. The molecule has 0 aliphatic rings. The molecule has 0 aromatic carbocycles. The molecule has 1 amide bonds. The monoisotopic (exact) mass is 380 g/mol. The summed E-state index contributed by atoms with van der Waals surface area (Å²) in [5, 5.41) is 10.1. The topological polar surface area (TPSA) is 77.1 Å². The molecule has 12 heteroatoms. The van der Waals surface area contributed by atoms with E-state index in [9.17, 15) is 22.4 Å². The molecule has 0 saturated heterocycles. The van der Waals surface area contributed by atoms with Crippen LogP contribution in [0.5, 0.6) is 0 Å². The summed E-state index contributed by atoms with van der Waals surface area (Å²) in [7, 11) is 1.40. The molecule has 2 aromatic rings. The van der Waals surface area contributed by atoms with Gasteiger partial charge in [0, 0.05) is 7.05 Å². The molecular weight excluding hydrogens is 368 g/mol. The van der Waals surface area contributed by atoms with Gasteiger partial charge >= 0.3 is 6.18 Å². The Morgan fingerprint density at radius 3 is 2.48 bits per heavy atom. The second-order valence-corrected chi connectivity index (χ2v) is 5.49. The number of aryl methyl sites for hydroxylation is 2. The second kappa shape index (κ2) is 6.82. The number of aromatic nitrogens is 4. The highest BCUT2D eigenvalue weighted by Gasteiger charge is 2.38. The maximum atomic E-state index is 13.7. The number of nitrogens with zero attached hydrogens (tertiary/aromatic N) is 5. The predicted molar refractivity (Wildman–Crippen MR) is 80.6 cm³/mol. The number of hydrazone groups is 1. The zero-order valence-electron chi connectivity index (χ0n) is 13.3. The molecule has 136 valence electrons. The van der Waals surface area contributed by atoms with Crippen LogP contribution in [0.25, 0.3) is 0 Å². The highest BCUT2D eigenvalue weighted by Crippen LogP contribution is 2.35. The van der Waals surface area contributed by atoms with Crippen molar-refractivity contribution in [1.29, 1.82) is 0 Å². The third kappa shape index (κ3) is 3.98. The first kappa shape index (κ1) is 18.9. The van der Waals surface area contributed by atoms with Gasteiger partial charge in [-0.1, -0.05) is 11.6 Å². The number of amides is 1. The molecule has 0 bridgehead atoms. The molecule has 0 unspecified atom stereocenters. The van der Waals surface area contributed by atoms with E-state index in [1.807, 2.05) is 0 Å². The van der Waals surface area contributed by atoms with Gasteiger partial charge in [-0.05, 0) is 13.8 Å². The molecule has 0 radical (unpaired) electrons. The van der Waals surface area contributed by atoms with Crippen LogP contribution < -0.4 is 5.43 Å². The van der Waals surface area contributed by atoms with Crippen LogP contribution in [0.1, 0.15) is 22.6 Å². The van der Waals surface area contributed by atoms with Gasteiger partial charge in [0.05, 0.1) is 28.2 Å². The standard InChI is InChI=1S/C13H13ClF4N6O/c1-6-8(12(15)23(3)21-6)4-19-20-9(25)5-24-7(2)10(14)11(22-24)13(16,17)18/h4H,5H2,1-3H3,(H,20,25)/b19-4+. The Balaban J connectivity index is 2.07. The van der Waals surface area contributed by atoms with Gasteiger partial charge in [-0.2, -0.15) is 32.9 Å². The first-order valence-corrected chi connectivity index (χ1v) is 7.21. The van der Waals surface area contributed by atoms with Crippen molar-refractivity contribution in [2.75, 3.05) is 0 Å². The number of hydrogen-bond acceptors (Lipinski definition) is 4. The summed E-state index contributed by atoms with van der Waals surface area (Å²) in [6, 6.07) is 0. The Morgan fingerprint density at radius 1 is 1.36 bits per heavy atom. The fraction of sp³-hybridized carbons (Fsp3) is 0.385. The van der Waals surface area contributed by atoms with E-state index >= 15 is 0 Å². The summed E-state index contributed by atoms with van der Waals surface area (Å²) in [5.74, 6) is -1.39. The van der Waals surface area contributed by atoms with Crippen molar-refractivity contribution in [3.8, 4) is 0 Å². The molecule has 1 N–H and O–H groups in total. The molecule has 0 spiro atoms. The SMILES string of the molecule is Cc1nn(C)c(F)c1/C=N/NC(=O)Cn1nc(C(F)(F)F)c(Cl)c1C. The average molecular weight is 381 g/mol. The Kier molecular flexibility index (Phi) is 5.16. The third-order valence-corrected chi connectivity index (χ3v) is 3.73. The Labute approximate surface area is 144 Å². The van der Waals surface area contributed by atoms with E-state index in [2.05, 4.69) is 20.7 Å². The van der Waals surface area contributed by atoms with Crippen molar-refractivity contribution in [1.82, 2.24) is 25.0 Å². The molecule has 2 aromatic heterocycles. The van der Waals surface area contributed by atoms with E-state index in [-0.39, 0.29) is 11.3 Å². The van der Waals surface area contributed by atoms with Crippen LogP contribution >= 0.6 is 11.6 Å². The minimum Gasteiger partial charge on any atom is -0.271 e. The van der Waals surface area contributed by atoms with Crippen LogP contribution in [0.2, 0.25) is 5.02 Å². The van der Waals surface area contributed by atoms with Crippen molar-refractivity contribution < 1.29 is 22.4 Å². The maximum absolute atomic E-state index is 13.7. The predicted octanol–water partition coefficient (Wildman–Crippen LogP) is 2.20. The van der Waals surface area contributed by atoms with E-state index in [1.54, 1.807) is 6.92 Å². The maximum Gasteiger partial charge on any atom is 0.436 e. The average Bonchev–Trinajstić information content (AvgIpc) is 2.91. The number of rotatable bonds is 4. The molecular formula is C13H13ClF4N6O. The number of hydrogen-bond donors (Lipinski definition) is 1. The summed E-state index contributed by atoms with van der Waals surface area (Å²) in [4.78, 5) is 11.8. The van der Waals surface area contributed by atoms with Crippen LogP contribution in [0.4, 0.5) is 17.6 Å². The van der Waals surface area contributed by atoms with Crippen molar-refractivity contribution in [3.05, 3.63) is 33.6 Å². The lowest BCUT2D eigenvalue weighted by molar-refractivity contribution is -0.141. The molecule has 0 aliphatic heterocycles. The highest BCUT2D eigenvalue weighted by molar-refractivity contribution is 6.32. The normalized spacial score (nSPS) is 12.2. The second-order valence-electron chi connectivity index (χ2n) is 5.11. The van der Waals surface area contributed by atoms with Gasteiger partial charge in [-0.25, -0.2) is 10.1 Å². The van der Waals surface area contributed by atoms with Crippen LogP contribution in [-0.4, -0.2) is 31.7 Å². The smallest absolute Gasteiger partial charge is 0.271 e. The van der Waals surface area contributed by atoms with E-state index in [0.29, 0.717) is 5.69 Å². The zero-order valence-corrected chi connectivity index (χ0v) is 14.1. The summed E-state index contributed by atoms with van der Waals surface area (Å²) in [6.07, 6.45) is -3.67. The minimum absolute atomic E-state index is 0.0118. The summed E-state index contributed by atoms with van der Waals surface area (Å²) >= 11 is 5.59. The zero-order chi connectivity index (χ0) is 18.9. The molecule has 7 nitrogen and oxygen atoms in total. The van der Waals surface area contributed by atoms with E-state index < -0.39 is 35.3 Å². The lowest BCUT2D eigenvalue weighted by atomic mass is 10.3. The fourth-order valence-corrected chi connectivity index (χ4v) is 2.24. The van der Waals surface area contributed by atoms with Gasteiger partial charge in [0.15, 0.2) is 5.69 Å². The molecule has 0 fully saturated rings. The van der Waals surface area contributed by atoms with Crippen molar-refractivity contribution >= 4 is 23.7 Å². The van der Waals surface area contributed by atoms with Crippen LogP contribution in [0, 0.1) is 19.8 Å². The van der Waals surface area contributed by atoms with Gasteiger partial charge < -0.3 is 0 Å². The van der Waals surface area contributed by atoms with Gasteiger partial charge in [-0.3, -0.25) is 9.48 Å². The molecule has 25 heavy (non-hydrogen) atoms. The molecule has 0 atom stereocenters. The first-order chi connectivity index (χ1) is 11.5. The van der Waals surface area contributed by atoms with E-state index in [1.165, 1.54) is 14.0 Å². The Morgan fingerprint density at radius 2 is 2.00 bits per heavy atom. The summed E-state index contributed by atoms with van der Waals surface area (Å²) < 4.78 is 53.6. The first-order valence-electron chi connectivity index (χ1n) is 6.83. The lowest BCUT2D eigenvalue weighted by Gasteiger charge is -2.03. The van der Waals surface area contributed by atoms with E-state index in [4.69, 9.17) is 11.6 Å². The number of halogens is 5. The van der Waals surface area contributed by atoms with Crippen LogP contribution in [-0.2, 0) is 24.6 Å². The van der Waals surface area contributed by atoms with Gasteiger partial charge in [0.25, 0.3) is 5.91 Å². The fourth-order valence-electron chi connectivity index (χ4n) is 1.99. The van der Waals surface area contributed by atoms with Gasteiger partial charge in [0.2, 0.25) is 5.95 Å². The quantitative estimate of drug-likeness (QED) is 0.502. The lowest BCUT2D eigenvalue weighted by Crippen LogP contribution is -2.24. The van der Waals surface area contributed by atoms with Gasteiger partial charge in [-0.15, -0.1) is 0 Å². The number of nitrogens with one attached hydrogen (secondary N) is 1. The van der Waals surface area contributed by atoms with Crippen LogP contribution in [0.3, 0.4) is 0 Å². The summed E-state index contributed by atoms with van der Waals surface area (Å²) in [5.41, 5.74) is 1.25. The number of carbonyl (C=O) groups is 1. The van der Waals surface area contributed by atoms with E-state index in [0.717, 1.165) is 15.6 Å². The minimum atomic E-state index is -4.73. The molecule has 2 rings (SSSR count). The third-order valence-electron chi connectivity index (χ3n) is 3.27. The Hall–Kier alpha value is -2.43. The molecule has 0 saturated carbocycles. The van der Waals surface area contributed by atoms with Crippen molar-refractivity contribution in [3.63, 3.8) is 0 Å². The molecule has 0 aliphatic carbocycles. The summed E-state index contributed by atoms with van der Waals surface area (Å²) in [6.45, 7) is 2.32. The van der Waals surface area contributed by atoms with Crippen LogP contribution in [0.15, 0.2) is 5.10 Å². The van der Waals surface area contributed by atoms with Crippen molar-refractivity contribution in [2.45, 2.75) is 26.6 Å². The number of alkyl halides is 3. The largest absolute Gasteiger partial charge is 0.436 e. The Bertz CT molecular complexity index is 839. The highest BCUT2D eigenvalue weighted by atomic mass is 35.5.